The summed E-state index contributed by atoms with van der Waals surface area (Å²) >= 11 is 0. The number of benzene rings is 1. The minimum absolute atomic E-state index is 0.123. The molecule has 1 atom stereocenters. The lowest BCUT2D eigenvalue weighted by molar-refractivity contribution is 0.0122. The number of ether oxygens (including phenoxy) is 1. The van der Waals surface area contributed by atoms with Crippen molar-refractivity contribution in [2.45, 2.75) is 40.2 Å². The summed E-state index contributed by atoms with van der Waals surface area (Å²) in [5.41, 5.74) is 0.536. The minimum atomic E-state index is -1.01. The van der Waals surface area contributed by atoms with E-state index in [1.807, 2.05) is 13.8 Å². The van der Waals surface area contributed by atoms with E-state index in [1.165, 1.54) is 24.3 Å². The Bertz CT molecular complexity index is 460. The summed E-state index contributed by atoms with van der Waals surface area (Å²) in [4.78, 5) is 22.8. The van der Waals surface area contributed by atoms with Gasteiger partial charge in [0, 0.05) is 0 Å². The Balaban J connectivity index is 2.75. The summed E-state index contributed by atoms with van der Waals surface area (Å²) in [5, 5.41) is 8.82. The van der Waals surface area contributed by atoms with Crippen LogP contribution in [0.15, 0.2) is 24.3 Å². The fraction of sp³-hybridized carbons (Fsp3) is 0.500. The van der Waals surface area contributed by atoms with E-state index < -0.39 is 11.9 Å². The fourth-order valence-corrected chi connectivity index (χ4v) is 1.88. The first-order valence-corrected chi connectivity index (χ1v) is 6.85. The van der Waals surface area contributed by atoms with Gasteiger partial charge in [-0.2, -0.15) is 0 Å². The maximum atomic E-state index is 12.1. The van der Waals surface area contributed by atoms with Crippen LogP contribution in [0.3, 0.4) is 0 Å². The van der Waals surface area contributed by atoms with Gasteiger partial charge in [-0.05, 0) is 42.5 Å². The van der Waals surface area contributed by atoms with Gasteiger partial charge in [-0.3, -0.25) is 0 Å². The van der Waals surface area contributed by atoms with E-state index in [0.717, 1.165) is 6.42 Å². The Morgan fingerprint density at radius 3 is 1.95 bits per heavy atom. The molecule has 1 aromatic rings. The highest BCUT2D eigenvalue weighted by Gasteiger charge is 2.20. The van der Waals surface area contributed by atoms with Gasteiger partial charge in [-0.1, -0.05) is 27.7 Å². The van der Waals surface area contributed by atoms with Crippen molar-refractivity contribution in [3.8, 4) is 0 Å². The second kappa shape index (κ2) is 7.08. The maximum absolute atomic E-state index is 12.1. The Labute approximate surface area is 119 Å². The molecule has 0 spiro atoms. The molecule has 0 aliphatic rings. The van der Waals surface area contributed by atoms with Gasteiger partial charge in [-0.15, -0.1) is 0 Å². The van der Waals surface area contributed by atoms with Crippen molar-refractivity contribution in [3.63, 3.8) is 0 Å². The molecule has 0 fully saturated rings. The molecule has 1 aromatic carbocycles. The van der Waals surface area contributed by atoms with Crippen LogP contribution in [-0.4, -0.2) is 23.1 Å². The first-order valence-electron chi connectivity index (χ1n) is 6.85. The van der Waals surface area contributed by atoms with Crippen molar-refractivity contribution in [3.05, 3.63) is 35.4 Å². The predicted octanol–water partition coefficient (Wildman–Crippen LogP) is 3.61. The number of esters is 1. The van der Waals surface area contributed by atoms with Crippen LogP contribution >= 0.6 is 0 Å². The van der Waals surface area contributed by atoms with Crippen molar-refractivity contribution in [2.24, 2.45) is 11.8 Å². The average molecular weight is 278 g/mol. The molecule has 0 saturated carbocycles. The molecule has 4 heteroatoms. The number of aromatic carboxylic acids is 1. The van der Waals surface area contributed by atoms with E-state index in [-0.39, 0.29) is 17.6 Å². The zero-order valence-corrected chi connectivity index (χ0v) is 12.4. The molecule has 4 nitrogen and oxygen atoms in total. The predicted molar refractivity (Wildman–Crippen MR) is 76.9 cm³/mol. The Morgan fingerprint density at radius 1 is 1.05 bits per heavy atom. The molecule has 0 saturated heterocycles. The van der Waals surface area contributed by atoms with Crippen LogP contribution < -0.4 is 0 Å². The third-order valence-electron chi connectivity index (χ3n) is 3.07. The summed E-state index contributed by atoms with van der Waals surface area (Å²) in [6.07, 6.45) is 0.693. The van der Waals surface area contributed by atoms with Crippen molar-refractivity contribution in [2.75, 3.05) is 0 Å². The first kappa shape index (κ1) is 16.2. The summed E-state index contributed by atoms with van der Waals surface area (Å²) in [5.74, 6) is -0.713. The molecule has 0 aromatic heterocycles. The molecule has 0 heterocycles. The Hall–Kier alpha value is -1.84. The monoisotopic (exact) mass is 278 g/mol. The molecular weight excluding hydrogens is 256 g/mol. The van der Waals surface area contributed by atoms with E-state index in [4.69, 9.17) is 9.84 Å². The number of hydrogen-bond acceptors (Lipinski definition) is 3. The highest BCUT2D eigenvalue weighted by molar-refractivity contribution is 5.92. The van der Waals surface area contributed by atoms with E-state index in [1.54, 1.807) is 0 Å². The highest BCUT2D eigenvalue weighted by Crippen LogP contribution is 2.18. The first-order chi connectivity index (χ1) is 9.31. The smallest absolute Gasteiger partial charge is 0.338 e. The van der Waals surface area contributed by atoms with Gasteiger partial charge in [0.1, 0.15) is 6.10 Å². The lowest BCUT2D eigenvalue weighted by atomic mass is 9.97. The number of hydrogen-bond donors (Lipinski definition) is 1. The van der Waals surface area contributed by atoms with E-state index in [9.17, 15) is 9.59 Å². The molecule has 0 radical (unpaired) electrons. The zero-order chi connectivity index (χ0) is 15.3. The third-order valence-corrected chi connectivity index (χ3v) is 3.07. The molecule has 0 aliphatic carbocycles. The van der Waals surface area contributed by atoms with Crippen LogP contribution in [0.25, 0.3) is 0 Å². The van der Waals surface area contributed by atoms with Gasteiger partial charge in [0.25, 0.3) is 0 Å². The number of rotatable bonds is 6. The molecule has 1 N–H and O–H groups in total. The van der Waals surface area contributed by atoms with E-state index >= 15 is 0 Å². The number of carbonyl (C=O) groups excluding carboxylic acids is 1. The van der Waals surface area contributed by atoms with Gasteiger partial charge in [0.05, 0.1) is 11.1 Å². The molecule has 0 bridgehead atoms. The lowest BCUT2D eigenvalue weighted by Gasteiger charge is -2.23. The topological polar surface area (TPSA) is 63.6 Å². The van der Waals surface area contributed by atoms with Crippen molar-refractivity contribution in [1.82, 2.24) is 0 Å². The minimum Gasteiger partial charge on any atom is -0.478 e. The second-order valence-corrected chi connectivity index (χ2v) is 5.70. The highest BCUT2D eigenvalue weighted by atomic mass is 16.5. The van der Waals surface area contributed by atoms with Gasteiger partial charge in [-0.25, -0.2) is 9.59 Å². The molecule has 110 valence electrons. The molecule has 0 aliphatic heterocycles. The number of carbonyl (C=O) groups is 2. The quantitative estimate of drug-likeness (QED) is 0.807. The summed E-state index contributed by atoms with van der Waals surface area (Å²) in [6.45, 7) is 8.22. The summed E-state index contributed by atoms with van der Waals surface area (Å²) in [6, 6.07) is 5.79. The molecule has 1 unspecified atom stereocenters. The van der Waals surface area contributed by atoms with E-state index in [0.29, 0.717) is 11.5 Å². The summed E-state index contributed by atoms with van der Waals surface area (Å²) < 4.78 is 5.52. The second-order valence-electron chi connectivity index (χ2n) is 5.70. The standard InChI is InChI=1S/C16H22O4/c1-10(2)9-14(11(3)4)20-16(19)13-7-5-12(6-8-13)15(17)18/h5-8,10-11,14H,9H2,1-4H3,(H,17,18). The van der Waals surface area contributed by atoms with Gasteiger partial charge < -0.3 is 9.84 Å². The van der Waals surface area contributed by atoms with Crippen molar-refractivity contribution in [1.29, 1.82) is 0 Å². The van der Waals surface area contributed by atoms with Crippen LogP contribution in [0.1, 0.15) is 54.8 Å². The number of carboxylic acid groups (broad SMARTS) is 1. The van der Waals surface area contributed by atoms with Crippen LogP contribution in [0.4, 0.5) is 0 Å². The Morgan fingerprint density at radius 2 is 1.55 bits per heavy atom. The van der Waals surface area contributed by atoms with Gasteiger partial charge in [0.2, 0.25) is 0 Å². The molecular formula is C16H22O4. The summed E-state index contributed by atoms with van der Waals surface area (Å²) in [7, 11) is 0. The molecule has 0 amide bonds. The fourth-order valence-electron chi connectivity index (χ4n) is 1.88. The zero-order valence-electron chi connectivity index (χ0n) is 12.4. The Kier molecular flexibility index (Phi) is 5.74. The van der Waals surface area contributed by atoms with Gasteiger partial charge >= 0.3 is 11.9 Å². The average Bonchev–Trinajstić information content (AvgIpc) is 2.37. The SMILES string of the molecule is CC(C)CC(OC(=O)c1ccc(C(=O)O)cc1)C(C)C. The van der Waals surface area contributed by atoms with Crippen LogP contribution in [0.5, 0.6) is 0 Å². The van der Waals surface area contributed by atoms with Crippen LogP contribution in [0.2, 0.25) is 0 Å². The molecule has 20 heavy (non-hydrogen) atoms. The molecule has 1 rings (SSSR count). The van der Waals surface area contributed by atoms with Crippen LogP contribution in [-0.2, 0) is 4.74 Å². The number of carboxylic acids is 1. The normalized spacial score (nSPS) is 12.5. The maximum Gasteiger partial charge on any atom is 0.338 e. The van der Waals surface area contributed by atoms with Crippen LogP contribution in [0, 0.1) is 11.8 Å². The van der Waals surface area contributed by atoms with Gasteiger partial charge in [0.15, 0.2) is 0 Å². The van der Waals surface area contributed by atoms with Crippen molar-refractivity contribution >= 4 is 11.9 Å². The lowest BCUT2D eigenvalue weighted by Crippen LogP contribution is -2.25. The van der Waals surface area contributed by atoms with E-state index in [2.05, 4.69) is 13.8 Å². The largest absolute Gasteiger partial charge is 0.478 e. The third kappa shape index (κ3) is 4.68. The van der Waals surface area contributed by atoms with Crippen molar-refractivity contribution < 1.29 is 19.4 Å².